The van der Waals surface area contributed by atoms with Crippen LogP contribution in [-0.2, 0) is 14.4 Å². The number of carboxylic acid groups (broad SMARTS) is 3. The lowest BCUT2D eigenvalue weighted by Gasteiger charge is -2.51. The molecule has 0 saturated carbocycles. The minimum Gasteiger partial charge on any atom is -0.544 e. The molecule has 0 aromatic carbocycles. The van der Waals surface area contributed by atoms with Gasteiger partial charge in [-0.15, -0.1) is 0 Å². The summed E-state index contributed by atoms with van der Waals surface area (Å²) in [5.74, 6) is -3.66. The Morgan fingerprint density at radius 3 is 1.40 bits per heavy atom. The zero-order valence-electron chi connectivity index (χ0n) is 22.7. The SMILES string of the molecule is CC/C=C/CCCCCCCCCCCC[N+](C(CC)C(=O)[O-])(C(CC)C(=O)O)C(CC)C(=O)O. The molecule has 0 rings (SSSR count). The molecular weight excluding hydrogens is 446 g/mol. The van der Waals surface area contributed by atoms with Crippen LogP contribution < -0.4 is 5.11 Å². The third-order valence-corrected chi connectivity index (χ3v) is 7.31. The fraction of sp³-hybridized carbons (Fsp3) is 0.821. The lowest BCUT2D eigenvalue weighted by Crippen LogP contribution is -2.73. The van der Waals surface area contributed by atoms with Crippen molar-refractivity contribution >= 4 is 17.9 Å². The van der Waals surface area contributed by atoms with Gasteiger partial charge < -0.3 is 20.1 Å². The first-order valence-electron chi connectivity index (χ1n) is 13.9. The maximum Gasteiger partial charge on any atom is 0.362 e. The Hall–Kier alpha value is -1.89. The third kappa shape index (κ3) is 11.1. The summed E-state index contributed by atoms with van der Waals surface area (Å²) in [5.41, 5.74) is 0. The molecule has 0 fully saturated rings. The van der Waals surface area contributed by atoms with E-state index in [1.807, 2.05) is 0 Å². The van der Waals surface area contributed by atoms with E-state index in [1.54, 1.807) is 20.8 Å². The van der Waals surface area contributed by atoms with Gasteiger partial charge in [0.25, 0.3) is 0 Å². The van der Waals surface area contributed by atoms with Gasteiger partial charge in [0, 0.05) is 19.3 Å². The molecule has 0 saturated heterocycles. The number of carbonyl (C=O) groups excluding carboxylic acids is 1. The minimum absolute atomic E-state index is 0.130. The Labute approximate surface area is 213 Å². The standard InChI is InChI=1S/C28H51NO6/c1-5-9-10-11-12-13-14-15-16-17-18-19-20-21-22-29(23(6-2)26(30)31,24(7-3)27(32)33)25(8-4)28(34)35/h9-10,23-25H,5-8,11-22H2,1-4H3,(H2-,30,31,32,33,34,35)/b10-9+. The first-order chi connectivity index (χ1) is 16.7. The third-order valence-electron chi connectivity index (χ3n) is 7.31. The molecule has 0 aliphatic rings. The largest absolute Gasteiger partial charge is 0.544 e. The van der Waals surface area contributed by atoms with Gasteiger partial charge in [-0.05, 0) is 32.1 Å². The summed E-state index contributed by atoms with van der Waals surface area (Å²) < 4.78 is -0.468. The van der Waals surface area contributed by atoms with Crippen molar-refractivity contribution in [1.82, 2.24) is 0 Å². The quantitative estimate of drug-likeness (QED) is 0.112. The number of allylic oxidation sites excluding steroid dienone is 2. The number of carboxylic acids is 3. The zero-order valence-corrected chi connectivity index (χ0v) is 22.7. The van der Waals surface area contributed by atoms with Gasteiger partial charge in [0.05, 0.1) is 12.5 Å². The Bertz CT molecular complexity index is 578. The Kier molecular flexibility index (Phi) is 18.3. The highest BCUT2D eigenvalue weighted by Gasteiger charge is 2.53. The highest BCUT2D eigenvalue weighted by Crippen LogP contribution is 2.32. The molecule has 3 unspecified atom stereocenters. The summed E-state index contributed by atoms with van der Waals surface area (Å²) in [7, 11) is 0. The van der Waals surface area contributed by atoms with Crippen molar-refractivity contribution in [3.8, 4) is 0 Å². The van der Waals surface area contributed by atoms with Gasteiger partial charge in [-0.3, -0.25) is 4.48 Å². The number of aliphatic carboxylic acids is 3. The fourth-order valence-corrected chi connectivity index (χ4v) is 5.61. The van der Waals surface area contributed by atoms with Crippen molar-refractivity contribution in [3.05, 3.63) is 12.2 Å². The molecule has 7 nitrogen and oxygen atoms in total. The molecule has 2 N–H and O–H groups in total. The van der Waals surface area contributed by atoms with Crippen LogP contribution in [0.4, 0.5) is 0 Å². The summed E-state index contributed by atoms with van der Waals surface area (Å²) in [4.78, 5) is 36.5. The molecule has 0 amide bonds. The van der Waals surface area contributed by atoms with Crippen molar-refractivity contribution < 1.29 is 34.2 Å². The summed E-state index contributed by atoms with van der Waals surface area (Å²) in [6, 6.07) is -3.37. The number of nitrogens with zero attached hydrogens (tertiary/aromatic N) is 1. The van der Waals surface area contributed by atoms with Crippen molar-refractivity contribution in [1.29, 1.82) is 0 Å². The minimum atomic E-state index is -1.37. The van der Waals surface area contributed by atoms with Crippen LogP contribution >= 0.6 is 0 Å². The normalized spacial score (nSPS) is 16.0. The predicted molar refractivity (Wildman–Crippen MR) is 138 cm³/mol. The van der Waals surface area contributed by atoms with E-state index in [-0.39, 0.29) is 25.8 Å². The molecule has 0 heterocycles. The van der Waals surface area contributed by atoms with Crippen LogP contribution in [-0.4, -0.2) is 57.3 Å². The van der Waals surface area contributed by atoms with E-state index in [9.17, 15) is 29.7 Å². The molecular formula is C28H51NO6. The second-order valence-electron chi connectivity index (χ2n) is 9.69. The maximum atomic E-state index is 12.2. The van der Waals surface area contributed by atoms with Crippen LogP contribution in [0.3, 0.4) is 0 Å². The highest BCUT2D eigenvalue weighted by molar-refractivity contribution is 5.77. The van der Waals surface area contributed by atoms with Crippen molar-refractivity contribution in [2.75, 3.05) is 6.54 Å². The Morgan fingerprint density at radius 2 is 1.06 bits per heavy atom. The average Bonchev–Trinajstić information content (AvgIpc) is 2.79. The number of hydrogen-bond acceptors (Lipinski definition) is 4. The summed E-state index contributed by atoms with van der Waals surface area (Å²) in [5, 5.41) is 32.0. The molecule has 204 valence electrons. The van der Waals surface area contributed by atoms with Crippen LogP contribution in [0, 0.1) is 0 Å². The number of carbonyl (C=O) groups is 3. The summed E-state index contributed by atoms with van der Waals surface area (Å²) in [6.45, 7) is 7.40. The van der Waals surface area contributed by atoms with E-state index < -0.39 is 40.5 Å². The molecule has 0 aliphatic heterocycles. The topological polar surface area (TPSA) is 115 Å². The molecule has 0 aliphatic carbocycles. The van der Waals surface area contributed by atoms with Gasteiger partial charge >= 0.3 is 11.9 Å². The maximum absolute atomic E-state index is 12.2. The van der Waals surface area contributed by atoms with Crippen molar-refractivity contribution in [3.63, 3.8) is 0 Å². The van der Waals surface area contributed by atoms with E-state index in [2.05, 4.69) is 19.1 Å². The zero-order chi connectivity index (χ0) is 26.7. The molecule has 0 aromatic heterocycles. The number of rotatable bonds is 23. The van der Waals surface area contributed by atoms with Crippen LogP contribution in [0.15, 0.2) is 12.2 Å². The van der Waals surface area contributed by atoms with E-state index >= 15 is 0 Å². The predicted octanol–water partition coefficient (Wildman–Crippen LogP) is 5.32. The number of hydrogen-bond donors (Lipinski definition) is 2. The Balaban J connectivity index is 4.94. The van der Waals surface area contributed by atoms with Crippen LogP contribution in [0.25, 0.3) is 0 Å². The number of quaternary nitrogens is 1. The molecule has 0 aromatic rings. The molecule has 3 atom stereocenters. The first-order valence-corrected chi connectivity index (χ1v) is 13.9. The smallest absolute Gasteiger partial charge is 0.362 e. The molecule has 0 bridgehead atoms. The van der Waals surface area contributed by atoms with Crippen LogP contribution in [0.5, 0.6) is 0 Å². The lowest BCUT2D eigenvalue weighted by atomic mass is 9.93. The lowest BCUT2D eigenvalue weighted by molar-refractivity contribution is -0.974. The van der Waals surface area contributed by atoms with E-state index in [0.717, 1.165) is 32.1 Å². The monoisotopic (exact) mass is 497 g/mol. The fourth-order valence-electron chi connectivity index (χ4n) is 5.61. The average molecular weight is 498 g/mol. The van der Waals surface area contributed by atoms with Gasteiger partial charge in [0.15, 0.2) is 12.1 Å². The first kappa shape index (κ1) is 33.1. The van der Waals surface area contributed by atoms with E-state index in [0.29, 0.717) is 6.42 Å². The summed E-state index contributed by atoms with van der Waals surface area (Å²) >= 11 is 0. The van der Waals surface area contributed by atoms with E-state index in [1.165, 1.54) is 38.5 Å². The van der Waals surface area contributed by atoms with Gasteiger partial charge in [0.1, 0.15) is 6.04 Å². The van der Waals surface area contributed by atoms with E-state index in [4.69, 9.17) is 0 Å². The van der Waals surface area contributed by atoms with Crippen molar-refractivity contribution in [2.24, 2.45) is 0 Å². The number of unbranched alkanes of at least 4 members (excludes halogenated alkanes) is 10. The molecule has 7 heteroatoms. The second kappa shape index (κ2) is 19.3. The second-order valence-corrected chi connectivity index (χ2v) is 9.69. The molecule has 0 spiro atoms. The van der Waals surface area contributed by atoms with Gasteiger partial charge in [-0.2, -0.15) is 0 Å². The molecule has 35 heavy (non-hydrogen) atoms. The van der Waals surface area contributed by atoms with Crippen LogP contribution in [0.2, 0.25) is 0 Å². The highest BCUT2D eigenvalue weighted by atomic mass is 16.4. The van der Waals surface area contributed by atoms with Crippen molar-refractivity contribution in [2.45, 2.75) is 142 Å². The molecule has 0 radical (unpaired) electrons. The van der Waals surface area contributed by atoms with Gasteiger partial charge in [-0.25, -0.2) is 9.59 Å². The Morgan fingerprint density at radius 1 is 0.657 bits per heavy atom. The summed E-state index contributed by atoms with van der Waals surface area (Å²) in [6.07, 6.45) is 18.1. The van der Waals surface area contributed by atoms with Crippen LogP contribution in [0.1, 0.15) is 124 Å². The van der Waals surface area contributed by atoms with Gasteiger partial charge in [0.2, 0.25) is 0 Å². The van der Waals surface area contributed by atoms with Gasteiger partial charge in [-0.1, -0.05) is 84.8 Å².